The Labute approximate surface area is 108 Å². The zero-order valence-corrected chi connectivity index (χ0v) is 10.0. The van der Waals surface area contributed by atoms with Crippen LogP contribution in [0, 0.1) is 17.0 Å². The molecule has 19 heavy (non-hydrogen) atoms. The molecule has 0 unspecified atom stereocenters. The SMILES string of the molecule is Cc1ccc(OCc2ccc(C=O)o2)c([N+](=O)[O-])n1. The van der Waals surface area contributed by atoms with Crippen LogP contribution in [0.25, 0.3) is 0 Å². The summed E-state index contributed by atoms with van der Waals surface area (Å²) >= 11 is 0. The molecule has 2 aromatic rings. The van der Waals surface area contributed by atoms with Crippen LogP contribution in [0.1, 0.15) is 22.0 Å². The first-order chi connectivity index (χ1) is 9.10. The van der Waals surface area contributed by atoms with Crippen molar-refractivity contribution in [2.45, 2.75) is 13.5 Å². The van der Waals surface area contributed by atoms with Crippen LogP contribution in [-0.2, 0) is 6.61 Å². The molecule has 0 bridgehead atoms. The van der Waals surface area contributed by atoms with Crippen molar-refractivity contribution in [1.82, 2.24) is 4.98 Å². The summed E-state index contributed by atoms with van der Waals surface area (Å²) in [5.74, 6) is 0.286. The first-order valence-corrected chi connectivity index (χ1v) is 5.39. The molecule has 0 aliphatic heterocycles. The zero-order valence-electron chi connectivity index (χ0n) is 10.0. The second-order valence-corrected chi connectivity index (χ2v) is 3.74. The van der Waals surface area contributed by atoms with Crippen molar-refractivity contribution in [3.8, 4) is 5.75 Å². The summed E-state index contributed by atoms with van der Waals surface area (Å²) in [6.07, 6.45) is 0.569. The van der Waals surface area contributed by atoms with E-state index in [4.69, 9.17) is 9.15 Å². The third-order valence-electron chi connectivity index (χ3n) is 2.32. The fourth-order valence-corrected chi connectivity index (χ4v) is 1.46. The molecule has 0 aromatic carbocycles. The van der Waals surface area contributed by atoms with Crippen molar-refractivity contribution >= 4 is 12.1 Å². The Morgan fingerprint density at radius 2 is 2.21 bits per heavy atom. The van der Waals surface area contributed by atoms with Gasteiger partial charge in [-0.3, -0.25) is 4.79 Å². The van der Waals surface area contributed by atoms with Gasteiger partial charge in [0, 0.05) is 6.92 Å². The van der Waals surface area contributed by atoms with Crippen LogP contribution in [-0.4, -0.2) is 16.2 Å². The van der Waals surface area contributed by atoms with Crippen LogP contribution in [0.2, 0.25) is 0 Å². The Hall–Kier alpha value is -2.70. The second-order valence-electron chi connectivity index (χ2n) is 3.74. The highest BCUT2D eigenvalue weighted by Gasteiger charge is 2.18. The molecule has 0 fully saturated rings. The summed E-state index contributed by atoms with van der Waals surface area (Å²) in [4.78, 5) is 24.5. The minimum atomic E-state index is -0.610. The van der Waals surface area contributed by atoms with Gasteiger partial charge in [-0.05, 0) is 34.2 Å². The number of aryl methyl sites for hydroxylation is 1. The molecule has 0 aliphatic rings. The predicted molar refractivity (Wildman–Crippen MR) is 64.1 cm³/mol. The van der Waals surface area contributed by atoms with Gasteiger partial charge in [0.15, 0.2) is 12.0 Å². The predicted octanol–water partition coefficient (Wildman–Crippen LogP) is 2.28. The second kappa shape index (κ2) is 5.30. The number of hydrogen-bond donors (Lipinski definition) is 0. The first kappa shape index (κ1) is 12.7. The van der Waals surface area contributed by atoms with E-state index in [-0.39, 0.29) is 23.9 Å². The standard InChI is InChI=1S/C12H10N2O5/c1-8-2-5-11(12(13-8)14(16)17)18-7-10-4-3-9(6-15)19-10/h2-6H,7H2,1H3. The largest absolute Gasteiger partial charge is 0.477 e. The number of furan rings is 1. The normalized spacial score (nSPS) is 10.2. The number of carbonyl (C=O) groups is 1. The molecule has 0 amide bonds. The average Bonchev–Trinajstić information content (AvgIpc) is 2.85. The molecular formula is C12H10N2O5. The van der Waals surface area contributed by atoms with E-state index >= 15 is 0 Å². The van der Waals surface area contributed by atoms with Gasteiger partial charge < -0.3 is 19.3 Å². The lowest BCUT2D eigenvalue weighted by Gasteiger charge is -2.04. The summed E-state index contributed by atoms with van der Waals surface area (Å²) in [7, 11) is 0. The Morgan fingerprint density at radius 3 is 2.84 bits per heavy atom. The van der Waals surface area contributed by atoms with E-state index in [2.05, 4.69) is 4.98 Å². The van der Waals surface area contributed by atoms with E-state index in [0.717, 1.165) is 0 Å². The molecule has 2 heterocycles. The Bertz CT molecular complexity index is 620. The van der Waals surface area contributed by atoms with E-state index in [1.165, 1.54) is 12.1 Å². The fraction of sp³-hybridized carbons (Fsp3) is 0.167. The smallest absolute Gasteiger partial charge is 0.406 e. The van der Waals surface area contributed by atoms with Crippen molar-refractivity contribution in [1.29, 1.82) is 0 Å². The molecule has 0 aliphatic carbocycles. The zero-order chi connectivity index (χ0) is 13.8. The minimum Gasteiger partial charge on any atom is -0.477 e. The van der Waals surface area contributed by atoms with Gasteiger partial charge in [-0.1, -0.05) is 0 Å². The Balaban J connectivity index is 2.14. The molecular weight excluding hydrogens is 252 g/mol. The molecule has 0 saturated heterocycles. The van der Waals surface area contributed by atoms with Gasteiger partial charge >= 0.3 is 5.82 Å². The van der Waals surface area contributed by atoms with Gasteiger partial charge in [-0.2, -0.15) is 0 Å². The van der Waals surface area contributed by atoms with Crippen LogP contribution in [0.3, 0.4) is 0 Å². The van der Waals surface area contributed by atoms with Crippen molar-refractivity contribution in [3.63, 3.8) is 0 Å². The van der Waals surface area contributed by atoms with E-state index in [9.17, 15) is 14.9 Å². The highest BCUT2D eigenvalue weighted by Crippen LogP contribution is 2.25. The highest BCUT2D eigenvalue weighted by molar-refractivity contribution is 5.70. The summed E-state index contributed by atoms with van der Waals surface area (Å²) < 4.78 is 10.4. The van der Waals surface area contributed by atoms with Crippen LogP contribution in [0.4, 0.5) is 5.82 Å². The van der Waals surface area contributed by atoms with Crippen molar-refractivity contribution in [2.24, 2.45) is 0 Å². The lowest BCUT2D eigenvalue weighted by molar-refractivity contribution is -0.390. The number of pyridine rings is 1. The Kier molecular flexibility index (Phi) is 3.56. The van der Waals surface area contributed by atoms with E-state index in [0.29, 0.717) is 17.7 Å². The number of nitro groups is 1. The third kappa shape index (κ3) is 2.95. The van der Waals surface area contributed by atoms with E-state index in [1.54, 1.807) is 19.1 Å². The molecule has 0 radical (unpaired) electrons. The molecule has 0 atom stereocenters. The van der Waals surface area contributed by atoms with Crippen LogP contribution in [0.15, 0.2) is 28.7 Å². The van der Waals surface area contributed by atoms with Crippen molar-refractivity contribution in [3.05, 3.63) is 51.6 Å². The molecule has 0 spiro atoms. The lowest BCUT2D eigenvalue weighted by atomic mass is 10.3. The van der Waals surface area contributed by atoms with Gasteiger partial charge in [-0.15, -0.1) is 0 Å². The van der Waals surface area contributed by atoms with Crippen molar-refractivity contribution < 1.29 is 18.9 Å². The quantitative estimate of drug-likeness (QED) is 0.466. The molecule has 7 nitrogen and oxygen atoms in total. The number of aromatic nitrogens is 1. The van der Waals surface area contributed by atoms with Crippen LogP contribution < -0.4 is 4.74 Å². The third-order valence-corrected chi connectivity index (χ3v) is 2.32. The van der Waals surface area contributed by atoms with Gasteiger partial charge in [0.05, 0.1) is 0 Å². The van der Waals surface area contributed by atoms with Gasteiger partial charge in [0.2, 0.25) is 5.75 Å². The summed E-state index contributed by atoms with van der Waals surface area (Å²) in [5, 5.41) is 10.8. The number of nitrogens with zero attached hydrogens (tertiary/aromatic N) is 2. The van der Waals surface area contributed by atoms with E-state index < -0.39 is 4.92 Å². The number of ether oxygens (including phenoxy) is 1. The monoisotopic (exact) mass is 262 g/mol. The fourth-order valence-electron chi connectivity index (χ4n) is 1.46. The maximum atomic E-state index is 10.8. The lowest BCUT2D eigenvalue weighted by Crippen LogP contribution is -2.01. The van der Waals surface area contributed by atoms with Crippen LogP contribution >= 0.6 is 0 Å². The average molecular weight is 262 g/mol. The molecule has 7 heteroatoms. The number of hydrogen-bond acceptors (Lipinski definition) is 6. The van der Waals surface area contributed by atoms with Crippen LogP contribution in [0.5, 0.6) is 5.75 Å². The van der Waals surface area contributed by atoms with Gasteiger partial charge in [0.25, 0.3) is 0 Å². The molecule has 98 valence electrons. The molecule has 2 aromatic heterocycles. The minimum absolute atomic E-state index is 0.0145. The maximum absolute atomic E-state index is 10.8. The Morgan fingerprint density at radius 1 is 1.42 bits per heavy atom. The topological polar surface area (TPSA) is 95.5 Å². The first-order valence-electron chi connectivity index (χ1n) is 5.39. The highest BCUT2D eigenvalue weighted by atomic mass is 16.6. The molecule has 0 N–H and O–H groups in total. The van der Waals surface area contributed by atoms with Gasteiger partial charge in [0.1, 0.15) is 18.1 Å². The summed E-state index contributed by atoms with van der Waals surface area (Å²) in [5.41, 5.74) is 0.528. The van der Waals surface area contributed by atoms with Gasteiger partial charge in [-0.25, -0.2) is 0 Å². The summed E-state index contributed by atoms with van der Waals surface area (Å²) in [6.45, 7) is 1.64. The molecule has 0 saturated carbocycles. The molecule has 2 rings (SSSR count). The number of aldehydes is 1. The van der Waals surface area contributed by atoms with Crippen molar-refractivity contribution in [2.75, 3.05) is 0 Å². The number of carbonyl (C=O) groups excluding carboxylic acids is 1. The maximum Gasteiger partial charge on any atom is 0.406 e. The summed E-state index contributed by atoms with van der Waals surface area (Å²) in [6, 6.07) is 6.15. The van der Waals surface area contributed by atoms with E-state index in [1.807, 2.05) is 0 Å². The number of rotatable bonds is 5.